The summed E-state index contributed by atoms with van der Waals surface area (Å²) in [7, 11) is 0. The number of hydrogen-bond acceptors (Lipinski definition) is 5. The molecule has 1 aromatic heterocycles. The van der Waals surface area contributed by atoms with Crippen molar-refractivity contribution in [2.24, 2.45) is 0 Å². The number of anilines is 1. The Hall–Kier alpha value is -2.63. The molecule has 2 N–H and O–H groups in total. The van der Waals surface area contributed by atoms with Crippen LogP contribution in [0.2, 0.25) is 0 Å². The molecule has 0 bridgehead atoms. The first-order valence-electron chi connectivity index (χ1n) is 6.19. The van der Waals surface area contributed by atoms with Crippen LogP contribution in [-0.2, 0) is 6.42 Å². The highest BCUT2D eigenvalue weighted by Gasteiger charge is 2.11. The van der Waals surface area contributed by atoms with E-state index in [2.05, 4.69) is 4.98 Å². The van der Waals surface area contributed by atoms with Crippen molar-refractivity contribution < 1.29 is 9.66 Å². The van der Waals surface area contributed by atoms with Crippen molar-refractivity contribution in [1.82, 2.24) is 4.98 Å². The number of nitro benzene ring substituents is 1. The lowest BCUT2D eigenvalue weighted by molar-refractivity contribution is -0.384. The fraction of sp³-hybridized carbons (Fsp3) is 0.214. The second-order valence-electron chi connectivity index (χ2n) is 4.37. The van der Waals surface area contributed by atoms with Crippen LogP contribution in [0.25, 0.3) is 0 Å². The van der Waals surface area contributed by atoms with Gasteiger partial charge < -0.3 is 10.5 Å². The summed E-state index contributed by atoms with van der Waals surface area (Å²) in [5.74, 6) is 0.912. The van der Waals surface area contributed by atoms with E-state index < -0.39 is 4.92 Å². The summed E-state index contributed by atoms with van der Waals surface area (Å²) in [6.07, 6.45) is 0.710. The van der Waals surface area contributed by atoms with Gasteiger partial charge in [0.25, 0.3) is 5.69 Å². The minimum Gasteiger partial charge on any atom is -0.455 e. The number of hydrogen-bond donors (Lipinski definition) is 1. The maximum absolute atomic E-state index is 10.8. The smallest absolute Gasteiger partial charge is 0.275 e. The average molecular weight is 273 g/mol. The zero-order chi connectivity index (χ0) is 14.7. The van der Waals surface area contributed by atoms with E-state index in [1.165, 1.54) is 12.1 Å². The van der Waals surface area contributed by atoms with Gasteiger partial charge in [0.15, 0.2) is 0 Å². The Morgan fingerprint density at radius 3 is 2.75 bits per heavy atom. The third-order valence-electron chi connectivity index (χ3n) is 2.76. The predicted octanol–water partition coefficient (Wildman–Crippen LogP) is 3.24. The van der Waals surface area contributed by atoms with Crippen LogP contribution in [0.4, 0.5) is 11.4 Å². The quantitative estimate of drug-likeness (QED) is 0.524. The molecule has 0 saturated carbocycles. The van der Waals surface area contributed by atoms with Crippen LogP contribution < -0.4 is 10.5 Å². The molecule has 2 aromatic rings. The lowest BCUT2D eigenvalue weighted by Gasteiger charge is -2.10. The monoisotopic (exact) mass is 273 g/mol. The molecule has 0 saturated heterocycles. The number of nitrogen functional groups attached to an aromatic ring is 1. The largest absolute Gasteiger partial charge is 0.455 e. The summed E-state index contributed by atoms with van der Waals surface area (Å²) in [4.78, 5) is 14.7. The van der Waals surface area contributed by atoms with Crippen molar-refractivity contribution in [2.45, 2.75) is 20.3 Å². The fourth-order valence-corrected chi connectivity index (χ4v) is 1.84. The van der Waals surface area contributed by atoms with Crippen molar-refractivity contribution in [2.75, 3.05) is 5.73 Å². The number of nitro groups is 1. The van der Waals surface area contributed by atoms with Crippen LogP contribution in [0.3, 0.4) is 0 Å². The maximum Gasteiger partial charge on any atom is 0.275 e. The number of rotatable bonds is 4. The molecule has 0 aliphatic rings. The Morgan fingerprint density at radius 1 is 1.35 bits per heavy atom. The summed E-state index contributed by atoms with van der Waals surface area (Å²) in [5.41, 5.74) is 7.53. The summed E-state index contributed by atoms with van der Waals surface area (Å²) in [6.45, 7) is 3.87. The highest BCUT2D eigenvalue weighted by Crippen LogP contribution is 2.30. The Balaban J connectivity index is 2.37. The lowest BCUT2D eigenvalue weighted by Crippen LogP contribution is -1.97. The standard InChI is InChI=1S/C14H15N3O3/c1-3-13-14(5-4-9(2)16-13)20-12-7-10(15)6-11(8-12)17(18)19/h4-8H,3,15H2,1-2H3. The van der Waals surface area contributed by atoms with E-state index in [4.69, 9.17) is 10.5 Å². The second kappa shape index (κ2) is 5.56. The zero-order valence-corrected chi connectivity index (χ0v) is 11.3. The van der Waals surface area contributed by atoms with Crippen LogP contribution in [0.1, 0.15) is 18.3 Å². The third kappa shape index (κ3) is 3.03. The zero-order valence-electron chi connectivity index (χ0n) is 11.3. The first kappa shape index (κ1) is 13.8. The first-order chi connectivity index (χ1) is 9.49. The molecule has 1 heterocycles. The molecule has 0 unspecified atom stereocenters. The molecule has 2 rings (SSSR count). The number of pyridine rings is 1. The number of non-ortho nitro benzene ring substituents is 1. The van der Waals surface area contributed by atoms with Crippen molar-refractivity contribution >= 4 is 11.4 Å². The number of nitrogens with two attached hydrogens (primary N) is 1. The molecule has 0 atom stereocenters. The van der Waals surface area contributed by atoms with Gasteiger partial charge in [-0.3, -0.25) is 15.1 Å². The van der Waals surface area contributed by atoms with Crippen molar-refractivity contribution in [3.8, 4) is 11.5 Å². The Labute approximate surface area is 116 Å². The van der Waals surface area contributed by atoms with Gasteiger partial charge in [-0.15, -0.1) is 0 Å². The van der Waals surface area contributed by atoms with E-state index in [0.717, 1.165) is 11.4 Å². The maximum atomic E-state index is 10.8. The fourth-order valence-electron chi connectivity index (χ4n) is 1.84. The van der Waals surface area contributed by atoms with Gasteiger partial charge in [-0.25, -0.2) is 0 Å². The van der Waals surface area contributed by atoms with E-state index >= 15 is 0 Å². The summed E-state index contributed by atoms with van der Waals surface area (Å²) >= 11 is 0. The number of aryl methyl sites for hydroxylation is 2. The summed E-state index contributed by atoms with van der Waals surface area (Å²) in [6, 6.07) is 7.81. The van der Waals surface area contributed by atoms with Crippen LogP contribution in [-0.4, -0.2) is 9.91 Å². The van der Waals surface area contributed by atoms with E-state index in [0.29, 0.717) is 17.9 Å². The first-order valence-corrected chi connectivity index (χ1v) is 6.19. The van der Waals surface area contributed by atoms with E-state index in [9.17, 15) is 10.1 Å². The van der Waals surface area contributed by atoms with Gasteiger partial charge in [0.1, 0.15) is 11.5 Å². The van der Waals surface area contributed by atoms with Crippen molar-refractivity contribution in [1.29, 1.82) is 0 Å². The van der Waals surface area contributed by atoms with Crippen LogP contribution in [0.5, 0.6) is 11.5 Å². The van der Waals surface area contributed by atoms with Crippen LogP contribution >= 0.6 is 0 Å². The van der Waals surface area contributed by atoms with Gasteiger partial charge in [-0.05, 0) is 25.5 Å². The predicted molar refractivity (Wildman–Crippen MR) is 75.9 cm³/mol. The lowest BCUT2D eigenvalue weighted by atomic mass is 10.2. The molecular weight excluding hydrogens is 258 g/mol. The molecule has 20 heavy (non-hydrogen) atoms. The molecule has 6 nitrogen and oxygen atoms in total. The molecule has 0 aliphatic heterocycles. The normalized spacial score (nSPS) is 10.3. The van der Waals surface area contributed by atoms with Crippen molar-refractivity contribution in [3.63, 3.8) is 0 Å². The Kier molecular flexibility index (Phi) is 3.84. The molecule has 0 fully saturated rings. The van der Waals surface area contributed by atoms with Gasteiger partial charge in [-0.2, -0.15) is 0 Å². The van der Waals surface area contributed by atoms with E-state index in [1.54, 1.807) is 12.1 Å². The van der Waals surface area contributed by atoms with Gasteiger partial charge in [0, 0.05) is 23.5 Å². The van der Waals surface area contributed by atoms with Crippen LogP contribution in [0, 0.1) is 17.0 Å². The SMILES string of the molecule is CCc1nc(C)ccc1Oc1cc(N)cc([N+](=O)[O-])c1. The molecule has 1 aromatic carbocycles. The number of ether oxygens (including phenoxy) is 1. The van der Waals surface area contributed by atoms with Gasteiger partial charge >= 0.3 is 0 Å². The second-order valence-corrected chi connectivity index (χ2v) is 4.37. The van der Waals surface area contributed by atoms with Gasteiger partial charge in [-0.1, -0.05) is 6.92 Å². The summed E-state index contributed by atoms with van der Waals surface area (Å²) < 4.78 is 5.68. The van der Waals surface area contributed by atoms with E-state index in [1.807, 2.05) is 19.9 Å². The molecule has 0 spiro atoms. The molecule has 6 heteroatoms. The number of benzene rings is 1. The molecular formula is C14H15N3O3. The molecule has 0 aliphatic carbocycles. The Morgan fingerprint density at radius 2 is 2.10 bits per heavy atom. The topological polar surface area (TPSA) is 91.3 Å². The minimum absolute atomic E-state index is 0.0990. The molecule has 0 amide bonds. The van der Waals surface area contributed by atoms with Crippen molar-refractivity contribution in [3.05, 3.63) is 51.8 Å². The third-order valence-corrected chi connectivity index (χ3v) is 2.76. The molecule has 0 radical (unpaired) electrons. The minimum atomic E-state index is -0.503. The van der Waals surface area contributed by atoms with Gasteiger partial charge in [0.05, 0.1) is 16.7 Å². The van der Waals surface area contributed by atoms with Gasteiger partial charge in [0.2, 0.25) is 0 Å². The summed E-state index contributed by atoms with van der Waals surface area (Å²) in [5, 5.41) is 10.8. The average Bonchev–Trinajstić information content (AvgIpc) is 2.40. The number of nitrogens with zero attached hydrogens (tertiary/aromatic N) is 2. The molecule has 104 valence electrons. The number of aromatic nitrogens is 1. The highest BCUT2D eigenvalue weighted by molar-refractivity contribution is 5.54. The van der Waals surface area contributed by atoms with Crippen LogP contribution in [0.15, 0.2) is 30.3 Å². The van der Waals surface area contributed by atoms with E-state index in [-0.39, 0.29) is 11.4 Å². The Bertz CT molecular complexity index is 656. The highest BCUT2D eigenvalue weighted by atomic mass is 16.6.